The Balaban J connectivity index is 1.72. The first kappa shape index (κ1) is 14.4. The van der Waals surface area contributed by atoms with E-state index in [9.17, 15) is 4.79 Å². The first-order valence-electron chi connectivity index (χ1n) is 6.60. The van der Waals surface area contributed by atoms with Gasteiger partial charge < -0.3 is 9.64 Å². The Hall–Kier alpha value is -1.51. The van der Waals surface area contributed by atoms with Gasteiger partial charge in [-0.3, -0.25) is 9.89 Å². The molecule has 112 valence electrons. The molecule has 0 unspecified atom stereocenters. The molecule has 0 spiro atoms. The Bertz CT molecular complexity index is 643. The molecule has 1 aliphatic rings. The summed E-state index contributed by atoms with van der Waals surface area (Å²) in [6, 6.07) is 0. The summed E-state index contributed by atoms with van der Waals surface area (Å²) in [6.07, 6.45) is 0.467. The Morgan fingerprint density at radius 2 is 2.48 bits per heavy atom. The zero-order chi connectivity index (χ0) is 14.8. The third-order valence-electron chi connectivity index (χ3n) is 3.18. The van der Waals surface area contributed by atoms with Gasteiger partial charge in [-0.2, -0.15) is 5.10 Å². The molecule has 0 aliphatic carbocycles. The van der Waals surface area contributed by atoms with Gasteiger partial charge in [0, 0.05) is 18.3 Å². The van der Waals surface area contributed by atoms with Crippen molar-refractivity contribution in [3.63, 3.8) is 0 Å². The summed E-state index contributed by atoms with van der Waals surface area (Å²) in [7, 11) is 0. The predicted octanol–water partition coefficient (Wildman–Crippen LogP) is 1.69. The predicted molar refractivity (Wildman–Crippen MR) is 77.5 cm³/mol. The van der Waals surface area contributed by atoms with Crippen LogP contribution in [0.4, 0.5) is 0 Å². The fraction of sp³-hybridized carbons (Fsp3) is 0.500. The van der Waals surface area contributed by atoms with Crippen LogP contribution in [0.5, 0.6) is 0 Å². The normalized spacial score (nSPS) is 19.0. The Morgan fingerprint density at radius 1 is 1.62 bits per heavy atom. The van der Waals surface area contributed by atoms with Crippen molar-refractivity contribution in [3.8, 4) is 0 Å². The average Bonchev–Trinajstić information content (AvgIpc) is 3.15. The molecule has 1 atom stereocenters. The van der Waals surface area contributed by atoms with Gasteiger partial charge in [0.15, 0.2) is 10.8 Å². The number of hydrogen-bond donors (Lipinski definition) is 1. The van der Waals surface area contributed by atoms with Gasteiger partial charge in [0.1, 0.15) is 17.1 Å². The number of rotatable bonds is 3. The highest BCUT2D eigenvalue weighted by molar-refractivity contribution is 7.12. The molecule has 0 bridgehead atoms. The molecule has 3 rings (SSSR count). The zero-order valence-corrected chi connectivity index (χ0v) is 12.9. The first-order chi connectivity index (χ1) is 10.2. The number of amides is 1. The molecule has 2 aromatic heterocycles. The third kappa shape index (κ3) is 3.07. The van der Waals surface area contributed by atoms with E-state index in [0.29, 0.717) is 35.7 Å². The lowest BCUT2D eigenvalue weighted by Crippen LogP contribution is -2.42. The topological polar surface area (TPSA) is 84.0 Å². The monoisotopic (exact) mass is 327 g/mol. The molecule has 9 heteroatoms. The first-order valence-corrected chi connectivity index (χ1v) is 7.86. The highest BCUT2D eigenvalue weighted by atomic mass is 35.5. The van der Waals surface area contributed by atoms with Gasteiger partial charge in [-0.05, 0) is 0 Å². The lowest BCUT2D eigenvalue weighted by atomic mass is 10.2. The Morgan fingerprint density at radius 3 is 3.14 bits per heavy atom. The van der Waals surface area contributed by atoms with Gasteiger partial charge in [0.2, 0.25) is 0 Å². The van der Waals surface area contributed by atoms with Crippen molar-refractivity contribution in [1.82, 2.24) is 25.1 Å². The number of nitrogens with one attached hydrogen (secondary N) is 1. The average molecular weight is 328 g/mol. The number of aromatic amines is 1. The molecule has 2 aromatic rings. The van der Waals surface area contributed by atoms with Crippen molar-refractivity contribution >= 4 is 28.8 Å². The zero-order valence-electron chi connectivity index (χ0n) is 11.4. The fourth-order valence-electron chi connectivity index (χ4n) is 2.09. The Kier molecular flexibility index (Phi) is 4.18. The minimum atomic E-state index is -0.310. The van der Waals surface area contributed by atoms with Crippen molar-refractivity contribution in [3.05, 3.63) is 27.2 Å². The molecule has 0 radical (unpaired) electrons. The van der Waals surface area contributed by atoms with E-state index in [1.165, 1.54) is 11.3 Å². The summed E-state index contributed by atoms with van der Waals surface area (Å²) in [5.74, 6) is 1.26. The number of carbonyl (C=O) groups excluding carboxylic acids is 1. The quantitative estimate of drug-likeness (QED) is 0.927. The summed E-state index contributed by atoms with van der Waals surface area (Å²) < 4.78 is 5.66. The number of hydrogen-bond acceptors (Lipinski definition) is 6. The van der Waals surface area contributed by atoms with Crippen molar-refractivity contribution in [2.75, 3.05) is 19.7 Å². The van der Waals surface area contributed by atoms with E-state index < -0.39 is 0 Å². The van der Waals surface area contributed by atoms with Crippen molar-refractivity contribution in [1.29, 1.82) is 0 Å². The van der Waals surface area contributed by atoms with Crippen LogP contribution in [0.1, 0.15) is 34.5 Å². The molecule has 21 heavy (non-hydrogen) atoms. The SMILES string of the molecule is CCc1nc([C@H]2CN(C(=O)c3nc(Cl)cs3)CCO2)n[nH]1. The number of carbonyl (C=O) groups is 1. The summed E-state index contributed by atoms with van der Waals surface area (Å²) >= 11 is 7.01. The minimum absolute atomic E-state index is 0.133. The highest BCUT2D eigenvalue weighted by Gasteiger charge is 2.29. The maximum atomic E-state index is 12.4. The van der Waals surface area contributed by atoms with Crippen molar-refractivity contribution < 1.29 is 9.53 Å². The van der Waals surface area contributed by atoms with Crippen LogP contribution in [0.25, 0.3) is 0 Å². The number of halogens is 1. The van der Waals surface area contributed by atoms with Gasteiger partial charge in [-0.15, -0.1) is 11.3 Å². The second-order valence-electron chi connectivity index (χ2n) is 4.58. The Labute approximate surface area is 130 Å². The van der Waals surface area contributed by atoms with E-state index >= 15 is 0 Å². The number of morpholine rings is 1. The van der Waals surface area contributed by atoms with Crippen LogP contribution in [-0.4, -0.2) is 50.7 Å². The molecule has 1 fully saturated rings. The molecule has 0 saturated carbocycles. The smallest absolute Gasteiger partial charge is 0.283 e. The van der Waals surface area contributed by atoms with E-state index in [1.54, 1.807) is 10.3 Å². The van der Waals surface area contributed by atoms with Gasteiger partial charge >= 0.3 is 0 Å². The van der Waals surface area contributed by atoms with Crippen LogP contribution >= 0.6 is 22.9 Å². The molecular weight excluding hydrogens is 314 g/mol. The second-order valence-corrected chi connectivity index (χ2v) is 5.83. The number of nitrogens with zero attached hydrogens (tertiary/aromatic N) is 4. The minimum Gasteiger partial charge on any atom is -0.366 e. The van der Waals surface area contributed by atoms with E-state index in [2.05, 4.69) is 20.2 Å². The fourth-order valence-corrected chi connectivity index (χ4v) is 3.00. The number of aromatic nitrogens is 4. The summed E-state index contributed by atoms with van der Waals surface area (Å²) in [5, 5.41) is 9.39. The van der Waals surface area contributed by atoms with E-state index in [1.807, 2.05) is 6.92 Å². The van der Waals surface area contributed by atoms with Crippen LogP contribution in [0, 0.1) is 0 Å². The van der Waals surface area contributed by atoms with Gasteiger partial charge in [0.05, 0.1) is 13.2 Å². The molecular formula is C12H14ClN5O2S. The summed E-state index contributed by atoms with van der Waals surface area (Å²) in [6.45, 7) is 3.38. The number of aryl methyl sites for hydroxylation is 1. The van der Waals surface area contributed by atoms with Gasteiger partial charge in [-0.1, -0.05) is 18.5 Å². The van der Waals surface area contributed by atoms with Crippen LogP contribution in [0.3, 0.4) is 0 Å². The highest BCUT2D eigenvalue weighted by Crippen LogP contribution is 2.22. The maximum absolute atomic E-state index is 12.4. The molecule has 1 aliphatic heterocycles. The van der Waals surface area contributed by atoms with Crippen LogP contribution in [0.15, 0.2) is 5.38 Å². The lowest BCUT2D eigenvalue weighted by molar-refractivity contribution is -0.0266. The van der Waals surface area contributed by atoms with E-state index in [0.717, 1.165) is 12.2 Å². The van der Waals surface area contributed by atoms with Crippen LogP contribution in [0.2, 0.25) is 5.15 Å². The molecule has 7 nitrogen and oxygen atoms in total. The standard InChI is InChI=1S/C12H14ClN5O2S/c1-2-9-15-10(17-16-9)7-5-18(3-4-20-7)12(19)11-14-8(13)6-21-11/h6-7H,2-5H2,1H3,(H,15,16,17)/t7-/m1/s1. The molecule has 1 saturated heterocycles. The van der Waals surface area contributed by atoms with Gasteiger partial charge in [0.25, 0.3) is 5.91 Å². The molecule has 0 aromatic carbocycles. The van der Waals surface area contributed by atoms with Crippen molar-refractivity contribution in [2.24, 2.45) is 0 Å². The van der Waals surface area contributed by atoms with E-state index in [-0.39, 0.29) is 12.0 Å². The van der Waals surface area contributed by atoms with Crippen LogP contribution < -0.4 is 0 Å². The number of H-pyrrole nitrogens is 1. The molecule has 1 N–H and O–H groups in total. The second kappa shape index (κ2) is 6.08. The summed E-state index contributed by atoms with van der Waals surface area (Å²) in [4.78, 5) is 22.4. The number of ether oxygens (including phenoxy) is 1. The van der Waals surface area contributed by atoms with Crippen LogP contribution in [-0.2, 0) is 11.2 Å². The van der Waals surface area contributed by atoms with E-state index in [4.69, 9.17) is 16.3 Å². The largest absolute Gasteiger partial charge is 0.366 e. The lowest BCUT2D eigenvalue weighted by Gasteiger charge is -2.31. The summed E-state index contributed by atoms with van der Waals surface area (Å²) in [5.41, 5.74) is 0. The van der Waals surface area contributed by atoms with Gasteiger partial charge in [-0.25, -0.2) is 9.97 Å². The third-order valence-corrected chi connectivity index (χ3v) is 4.34. The molecule has 3 heterocycles. The van der Waals surface area contributed by atoms with Crippen molar-refractivity contribution in [2.45, 2.75) is 19.4 Å². The maximum Gasteiger partial charge on any atom is 0.283 e. The molecule has 1 amide bonds. The number of thiazole rings is 1.